The fourth-order valence-corrected chi connectivity index (χ4v) is 4.99. The van der Waals surface area contributed by atoms with Gasteiger partial charge in [0.15, 0.2) is 0 Å². The molecule has 0 unspecified atom stereocenters. The topological polar surface area (TPSA) is 46.6 Å². The Morgan fingerprint density at radius 3 is 1.74 bits per heavy atom. The van der Waals surface area contributed by atoms with E-state index in [9.17, 15) is 9.59 Å². The molecule has 1 heterocycles. The molecule has 2 aliphatic rings. The van der Waals surface area contributed by atoms with Crippen LogP contribution in [0.1, 0.15) is 18.4 Å². The summed E-state index contributed by atoms with van der Waals surface area (Å²) >= 11 is 7.23. The van der Waals surface area contributed by atoms with Crippen molar-refractivity contribution in [3.05, 3.63) is 54.1 Å². The Kier molecular flexibility index (Phi) is 5.12. The summed E-state index contributed by atoms with van der Waals surface area (Å²) in [5.74, 6) is 0.750. The Morgan fingerprint density at radius 2 is 1.26 bits per heavy atom. The van der Waals surface area contributed by atoms with E-state index in [0.29, 0.717) is 24.3 Å². The van der Waals surface area contributed by atoms with E-state index in [1.807, 2.05) is 31.2 Å². The number of fused-ring (bicyclic) bond motifs is 1. The van der Waals surface area contributed by atoms with Crippen LogP contribution >= 0.6 is 31.9 Å². The number of carbonyl (C=O) groups excluding carboxylic acids is 2. The number of carbonyl (C=O) groups is 2. The molecule has 1 aliphatic carbocycles. The summed E-state index contributed by atoms with van der Waals surface area (Å²) in [5, 5.41) is 0. The molecular formula is C21H19Br2NO3. The highest BCUT2D eigenvalue weighted by Gasteiger charge is 2.52. The fraction of sp³-hybridized carbons (Fsp3) is 0.333. The van der Waals surface area contributed by atoms with Crippen LogP contribution in [0.25, 0.3) is 0 Å². The third-order valence-electron chi connectivity index (χ3n) is 5.26. The molecule has 0 spiro atoms. The third kappa shape index (κ3) is 3.57. The summed E-state index contributed by atoms with van der Waals surface area (Å²) in [4.78, 5) is 27.5. The molecule has 0 radical (unpaired) electrons. The number of ether oxygens (including phenoxy) is 1. The number of alkyl halides is 2. The highest BCUT2D eigenvalue weighted by atomic mass is 79.9. The lowest BCUT2D eigenvalue weighted by atomic mass is 9.81. The van der Waals surface area contributed by atoms with Crippen molar-refractivity contribution >= 4 is 49.4 Å². The van der Waals surface area contributed by atoms with Gasteiger partial charge in [-0.3, -0.25) is 14.5 Å². The van der Waals surface area contributed by atoms with Crippen LogP contribution in [-0.4, -0.2) is 21.5 Å². The minimum absolute atomic E-state index is 0.0962. The number of nitrogens with zero attached hydrogens (tertiary/aromatic N) is 1. The normalized spacial score (nSPS) is 27.6. The number of hydrogen-bond donors (Lipinski definition) is 0. The van der Waals surface area contributed by atoms with E-state index in [-0.39, 0.29) is 33.3 Å². The zero-order valence-electron chi connectivity index (χ0n) is 14.8. The molecule has 0 aromatic heterocycles. The van der Waals surface area contributed by atoms with Gasteiger partial charge < -0.3 is 4.74 Å². The number of anilines is 1. The molecule has 6 heteroatoms. The van der Waals surface area contributed by atoms with E-state index >= 15 is 0 Å². The number of benzene rings is 2. The largest absolute Gasteiger partial charge is 0.457 e. The minimum atomic E-state index is -0.237. The summed E-state index contributed by atoms with van der Waals surface area (Å²) in [7, 11) is 0. The van der Waals surface area contributed by atoms with Crippen molar-refractivity contribution in [1.29, 1.82) is 0 Å². The molecule has 4 rings (SSSR count). The van der Waals surface area contributed by atoms with E-state index < -0.39 is 0 Å². The van der Waals surface area contributed by atoms with Crippen LogP contribution in [-0.2, 0) is 9.59 Å². The predicted molar refractivity (Wildman–Crippen MR) is 112 cm³/mol. The zero-order valence-corrected chi connectivity index (χ0v) is 17.9. The molecule has 4 atom stereocenters. The lowest BCUT2D eigenvalue weighted by Crippen LogP contribution is -2.34. The van der Waals surface area contributed by atoms with Gasteiger partial charge in [0.1, 0.15) is 11.5 Å². The fourth-order valence-electron chi connectivity index (χ4n) is 3.76. The van der Waals surface area contributed by atoms with Crippen molar-refractivity contribution in [1.82, 2.24) is 0 Å². The number of hydrogen-bond acceptors (Lipinski definition) is 3. The molecule has 2 fully saturated rings. The second kappa shape index (κ2) is 7.40. The maximum absolute atomic E-state index is 12.8. The molecule has 2 aromatic carbocycles. The van der Waals surface area contributed by atoms with Gasteiger partial charge in [-0.05, 0) is 56.2 Å². The van der Waals surface area contributed by atoms with Crippen LogP contribution in [0.2, 0.25) is 0 Å². The molecule has 0 N–H and O–H groups in total. The Bertz CT molecular complexity index is 838. The monoisotopic (exact) mass is 491 g/mol. The quantitative estimate of drug-likeness (QED) is 0.436. The number of imide groups is 1. The van der Waals surface area contributed by atoms with Crippen molar-refractivity contribution < 1.29 is 14.3 Å². The summed E-state index contributed by atoms with van der Waals surface area (Å²) in [5.41, 5.74) is 1.77. The van der Waals surface area contributed by atoms with E-state index in [1.165, 1.54) is 10.5 Å². The van der Waals surface area contributed by atoms with Crippen LogP contribution in [0.4, 0.5) is 5.69 Å². The molecule has 2 amide bonds. The summed E-state index contributed by atoms with van der Waals surface area (Å²) in [6, 6.07) is 14.9. The van der Waals surface area contributed by atoms with Gasteiger partial charge in [0.05, 0.1) is 17.5 Å². The van der Waals surface area contributed by atoms with Crippen molar-refractivity contribution in [2.45, 2.75) is 29.4 Å². The predicted octanol–water partition coefficient (Wildman–Crippen LogP) is 5.21. The van der Waals surface area contributed by atoms with Crippen molar-refractivity contribution in [3.8, 4) is 11.5 Å². The van der Waals surface area contributed by atoms with Crippen molar-refractivity contribution in [3.63, 3.8) is 0 Å². The van der Waals surface area contributed by atoms with Gasteiger partial charge in [-0.25, -0.2) is 0 Å². The molecule has 1 saturated heterocycles. The van der Waals surface area contributed by atoms with Gasteiger partial charge in [0.2, 0.25) is 11.8 Å². The van der Waals surface area contributed by atoms with E-state index in [4.69, 9.17) is 4.74 Å². The lowest BCUT2D eigenvalue weighted by Gasteiger charge is -2.29. The average molecular weight is 493 g/mol. The number of rotatable bonds is 3. The first-order valence-corrected chi connectivity index (χ1v) is 10.8. The second-order valence-electron chi connectivity index (χ2n) is 7.14. The summed E-state index contributed by atoms with van der Waals surface area (Å²) in [6.45, 7) is 2.02. The molecule has 140 valence electrons. The summed E-state index contributed by atoms with van der Waals surface area (Å²) < 4.78 is 5.83. The minimum Gasteiger partial charge on any atom is -0.457 e. The van der Waals surface area contributed by atoms with Crippen LogP contribution in [0.5, 0.6) is 11.5 Å². The molecule has 27 heavy (non-hydrogen) atoms. The third-order valence-corrected chi connectivity index (χ3v) is 8.00. The molecule has 0 bridgehead atoms. The molecule has 1 aliphatic heterocycles. The highest BCUT2D eigenvalue weighted by molar-refractivity contribution is 9.12. The zero-order chi connectivity index (χ0) is 19.1. The molecule has 1 saturated carbocycles. The van der Waals surface area contributed by atoms with Gasteiger partial charge in [0, 0.05) is 9.65 Å². The smallest absolute Gasteiger partial charge is 0.237 e. The standard InChI is InChI=1S/C21H19Br2NO3/c1-12-2-6-14(7-3-12)27-15-8-4-13(5-9-15)24-20(25)16-10-18(22)19(23)11-17(16)21(24)26/h2-9,16-19H,10-11H2,1H3/t16-,17+,18-,19-/m1/s1. The van der Waals surface area contributed by atoms with Crippen LogP contribution in [0.15, 0.2) is 48.5 Å². The number of aryl methyl sites for hydroxylation is 1. The SMILES string of the molecule is Cc1ccc(Oc2ccc(N3C(=O)[C@H]4C[C@@H](Br)[C@H](Br)C[C@H]4C3=O)cc2)cc1. The van der Waals surface area contributed by atoms with E-state index in [0.717, 1.165) is 5.75 Å². The lowest BCUT2D eigenvalue weighted by molar-refractivity contribution is -0.122. The maximum atomic E-state index is 12.8. The maximum Gasteiger partial charge on any atom is 0.237 e. The van der Waals surface area contributed by atoms with Crippen LogP contribution in [0, 0.1) is 18.8 Å². The number of halogens is 2. The molecular weight excluding hydrogens is 474 g/mol. The van der Waals surface area contributed by atoms with Crippen molar-refractivity contribution in [2.24, 2.45) is 11.8 Å². The number of amides is 2. The van der Waals surface area contributed by atoms with Crippen LogP contribution < -0.4 is 9.64 Å². The average Bonchev–Trinajstić information content (AvgIpc) is 2.89. The molecule has 2 aromatic rings. The van der Waals surface area contributed by atoms with Gasteiger partial charge in [-0.1, -0.05) is 49.6 Å². The van der Waals surface area contributed by atoms with Gasteiger partial charge in [-0.15, -0.1) is 0 Å². The van der Waals surface area contributed by atoms with E-state index in [2.05, 4.69) is 31.9 Å². The Morgan fingerprint density at radius 1 is 0.815 bits per heavy atom. The first-order chi connectivity index (χ1) is 12.9. The first kappa shape index (κ1) is 18.7. The van der Waals surface area contributed by atoms with Crippen molar-refractivity contribution in [2.75, 3.05) is 4.90 Å². The second-order valence-corrected chi connectivity index (χ2v) is 9.49. The van der Waals surface area contributed by atoms with Crippen LogP contribution in [0.3, 0.4) is 0 Å². The van der Waals surface area contributed by atoms with Gasteiger partial charge in [0.25, 0.3) is 0 Å². The Balaban J connectivity index is 1.52. The van der Waals surface area contributed by atoms with E-state index in [1.54, 1.807) is 24.3 Å². The Hall–Kier alpha value is -1.66. The molecule has 4 nitrogen and oxygen atoms in total. The first-order valence-electron chi connectivity index (χ1n) is 8.94. The van der Waals surface area contributed by atoms with Gasteiger partial charge in [-0.2, -0.15) is 0 Å². The Labute approximate surface area is 175 Å². The summed E-state index contributed by atoms with van der Waals surface area (Å²) in [6.07, 6.45) is 1.35. The highest BCUT2D eigenvalue weighted by Crippen LogP contribution is 2.44. The van der Waals surface area contributed by atoms with Gasteiger partial charge >= 0.3 is 0 Å².